The van der Waals surface area contributed by atoms with E-state index in [1.165, 1.54) is 12.0 Å². The van der Waals surface area contributed by atoms with Gasteiger partial charge in [0.05, 0.1) is 12.2 Å². The van der Waals surface area contributed by atoms with Crippen LogP contribution in [-0.4, -0.2) is 18.8 Å². The van der Waals surface area contributed by atoms with Crippen LogP contribution in [0, 0.1) is 0 Å². The number of rotatable bonds is 3. The first kappa shape index (κ1) is 8.45. The maximum absolute atomic E-state index is 5.63. The van der Waals surface area contributed by atoms with Gasteiger partial charge >= 0.3 is 0 Å². The van der Waals surface area contributed by atoms with E-state index in [0.29, 0.717) is 18.3 Å². The average Bonchev–Trinajstić information content (AvgIpc) is 2.92. The van der Waals surface area contributed by atoms with E-state index in [1.54, 1.807) is 0 Å². The molecule has 0 saturated carbocycles. The zero-order valence-electron chi connectivity index (χ0n) is 8.06. The van der Waals surface area contributed by atoms with Crippen LogP contribution >= 0.6 is 0 Å². The predicted octanol–water partition coefficient (Wildman–Crippen LogP) is 2.31. The van der Waals surface area contributed by atoms with Gasteiger partial charge in [-0.3, -0.25) is 0 Å². The van der Waals surface area contributed by atoms with E-state index < -0.39 is 0 Å². The predicted molar refractivity (Wildman–Crippen MR) is 53.0 cm³/mol. The van der Waals surface area contributed by atoms with Crippen molar-refractivity contribution in [3.05, 3.63) is 35.9 Å². The zero-order chi connectivity index (χ0) is 9.38. The molecule has 0 aliphatic carbocycles. The molecule has 74 valence electrons. The van der Waals surface area contributed by atoms with Crippen molar-refractivity contribution in [2.75, 3.05) is 6.61 Å². The molecule has 2 heterocycles. The van der Waals surface area contributed by atoms with Gasteiger partial charge in [-0.05, 0) is 12.0 Å². The maximum Gasteiger partial charge on any atom is 0.109 e. The topological polar surface area (TPSA) is 21.8 Å². The summed E-state index contributed by atoms with van der Waals surface area (Å²) in [7, 11) is 0. The van der Waals surface area contributed by atoms with Gasteiger partial charge < -0.3 is 9.47 Å². The average molecular weight is 190 g/mol. The largest absolute Gasteiger partial charge is 0.378 e. The van der Waals surface area contributed by atoms with E-state index in [0.717, 1.165) is 13.0 Å². The van der Waals surface area contributed by atoms with Crippen LogP contribution in [0.2, 0.25) is 0 Å². The Hall–Kier alpha value is -0.860. The molecule has 2 heteroatoms. The van der Waals surface area contributed by atoms with Gasteiger partial charge in [0.15, 0.2) is 0 Å². The highest BCUT2D eigenvalue weighted by Gasteiger charge is 2.42. The molecule has 1 aromatic rings. The summed E-state index contributed by atoms with van der Waals surface area (Å²) in [5.41, 5.74) is 1.30. The Bertz CT molecular complexity index is 305. The molecule has 3 unspecified atom stereocenters. The fourth-order valence-electron chi connectivity index (χ4n) is 1.99. The molecule has 2 aliphatic heterocycles. The van der Waals surface area contributed by atoms with Crippen LogP contribution in [0.1, 0.15) is 24.5 Å². The monoisotopic (exact) mass is 190 g/mol. The molecule has 3 atom stereocenters. The molecule has 2 aliphatic rings. The van der Waals surface area contributed by atoms with Gasteiger partial charge in [-0.2, -0.15) is 0 Å². The molecule has 0 aromatic heterocycles. The number of hydrogen-bond donors (Lipinski definition) is 0. The molecule has 0 N–H and O–H groups in total. The summed E-state index contributed by atoms with van der Waals surface area (Å²) >= 11 is 0. The lowest BCUT2D eigenvalue weighted by Gasteiger charge is -2.25. The fraction of sp³-hybridized carbons (Fsp3) is 0.500. The lowest BCUT2D eigenvalue weighted by molar-refractivity contribution is -0.0576. The first-order chi connectivity index (χ1) is 6.93. The Morgan fingerprint density at radius 3 is 2.64 bits per heavy atom. The molecule has 14 heavy (non-hydrogen) atoms. The standard InChI is InChI=1S/C12H14O2/c1-2-4-9(5-3-1)12-11(14-12)8-10-6-7-13-10/h1-5,10-12H,6-8H2. The molecular formula is C12H14O2. The highest BCUT2D eigenvalue weighted by atomic mass is 16.6. The van der Waals surface area contributed by atoms with Crippen molar-refractivity contribution in [3.63, 3.8) is 0 Å². The van der Waals surface area contributed by atoms with Gasteiger partial charge in [0, 0.05) is 13.0 Å². The third-order valence-corrected chi connectivity index (χ3v) is 3.00. The lowest BCUT2D eigenvalue weighted by atomic mass is 10.0. The summed E-state index contributed by atoms with van der Waals surface area (Å²) in [4.78, 5) is 0. The van der Waals surface area contributed by atoms with Gasteiger partial charge in [0.2, 0.25) is 0 Å². The Morgan fingerprint density at radius 1 is 1.21 bits per heavy atom. The number of ether oxygens (including phenoxy) is 2. The van der Waals surface area contributed by atoms with Crippen molar-refractivity contribution in [2.45, 2.75) is 31.2 Å². The van der Waals surface area contributed by atoms with Crippen molar-refractivity contribution in [1.82, 2.24) is 0 Å². The summed E-state index contributed by atoms with van der Waals surface area (Å²) in [5, 5.41) is 0. The SMILES string of the molecule is c1ccc(C2OC2CC2CCO2)cc1. The Balaban J connectivity index is 1.57. The van der Waals surface area contributed by atoms with Gasteiger partial charge in [0.25, 0.3) is 0 Å². The second-order valence-electron chi connectivity index (χ2n) is 4.02. The van der Waals surface area contributed by atoms with Crippen molar-refractivity contribution >= 4 is 0 Å². The van der Waals surface area contributed by atoms with Crippen LogP contribution in [0.5, 0.6) is 0 Å². The minimum atomic E-state index is 0.334. The van der Waals surface area contributed by atoms with Gasteiger partial charge in [0.1, 0.15) is 6.10 Å². The molecule has 0 amide bonds. The van der Waals surface area contributed by atoms with Crippen LogP contribution in [0.4, 0.5) is 0 Å². The van der Waals surface area contributed by atoms with Crippen LogP contribution in [0.25, 0.3) is 0 Å². The molecule has 1 aromatic carbocycles. The fourth-order valence-corrected chi connectivity index (χ4v) is 1.99. The van der Waals surface area contributed by atoms with Crippen LogP contribution in [-0.2, 0) is 9.47 Å². The second-order valence-corrected chi connectivity index (χ2v) is 4.02. The normalized spacial score (nSPS) is 35.0. The van der Waals surface area contributed by atoms with Crippen molar-refractivity contribution in [3.8, 4) is 0 Å². The van der Waals surface area contributed by atoms with E-state index in [1.807, 2.05) is 6.07 Å². The molecule has 2 nitrogen and oxygen atoms in total. The third kappa shape index (κ3) is 1.56. The van der Waals surface area contributed by atoms with Crippen molar-refractivity contribution < 1.29 is 9.47 Å². The van der Waals surface area contributed by atoms with E-state index >= 15 is 0 Å². The molecular weight excluding hydrogens is 176 g/mol. The summed E-state index contributed by atoms with van der Waals surface area (Å²) in [6.45, 7) is 0.938. The van der Waals surface area contributed by atoms with E-state index in [-0.39, 0.29) is 0 Å². The molecule has 0 radical (unpaired) electrons. The van der Waals surface area contributed by atoms with Crippen LogP contribution in [0.3, 0.4) is 0 Å². The van der Waals surface area contributed by atoms with Gasteiger partial charge in [-0.15, -0.1) is 0 Å². The molecule has 3 rings (SSSR count). The van der Waals surface area contributed by atoms with Crippen LogP contribution in [0.15, 0.2) is 30.3 Å². The van der Waals surface area contributed by atoms with Crippen molar-refractivity contribution in [1.29, 1.82) is 0 Å². The second kappa shape index (κ2) is 3.37. The van der Waals surface area contributed by atoms with Gasteiger partial charge in [-0.25, -0.2) is 0 Å². The van der Waals surface area contributed by atoms with E-state index in [2.05, 4.69) is 24.3 Å². The number of epoxide rings is 1. The molecule has 0 spiro atoms. The lowest BCUT2D eigenvalue weighted by Crippen LogP contribution is -2.28. The minimum absolute atomic E-state index is 0.334. The maximum atomic E-state index is 5.63. The van der Waals surface area contributed by atoms with E-state index in [4.69, 9.17) is 9.47 Å². The summed E-state index contributed by atoms with van der Waals surface area (Å²) < 4.78 is 11.0. The Labute approximate surface area is 83.8 Å². The molecule has 2 fully saturated rings. The summed E-state index contributed by atoms with van der Waals surface area (Å²) in [6, 6.07) is 10.4. The molecule has 0 bridgehead atoms. The number of benzene rings is 1. The zero-order valence-corrected chi connectivity index (χ0v) is 8.06. The molecule has 2 saturated heterocycles. The Kier molecular flexibility index (Phi) is 2.03. The third-order valence-electron chi connectivity index (χ3n) is 3.00. The highest BCUT2D eigenvalue weighted by molar-refractivity contribution is 5.22. The van der Waals surface area contributed by atoms with Crippen LogP contribution < -0.4 is 0 Å². The highest BCUT2D eigenvalue weighted by Crippen LogP contribution is 2.42. The van der Waals surface area contributed by atoms with Crippen molar-refractivity contribution in [2.24, 2.45) is 0 Å². The van der Waals surface area contributed by atoms with E-state index in [9.17, 15) is 0 Å². The smallest absolute Gasteiger partial charge is 0.109 e. The Morgan fingerprint density at radius 2 is 2.00 bits per heavy atom. The minimum Gasteiger partial charge on any atom is -0.378 e. The van der Waals surface area contributed by atoms with Gasteiger partial charge in [-0.1, -0.05) is 30.3 Å². The number of hydrogen-bond acceptors (Lipinski definition) is 2. The first-order valence-corrected chi connectivity index (χ1v) is 5.25. The first-order valence-electron chi connectivity index (χ1n) is 5.25. The summed E-state index contributed by atoms with van der Waals surface area (Å²) in [5.74, 6) is 0. The summed E-state index contributed by atoms with van der Waals surface area (Å²) in [6.07, 6.45) is 3.48. The quantitative estimate of drug-likeness (QED) is 0.682.